The van der Waals surface area contributed by atoms with Crippen LogP contribution >= 0.6 is 0 Å². The molecule has 0 aliphatic carbocycles. The molecule has 0 radical (unpaired) electrons. The smallest absolute Gasteiger partial charge is 0.328 e. The molecule has 0 bridgehead atoms. The number of aryl methyl sites for hydroxylation is 1. The second-order valence-electron chi connectivity index (χ2n) is 5.18. The first-order valence-electron chi connectivity index (χ1n) is 7.35. The summed E-state index contributed by atoms with van der Waals surface area (Å²) in [4.78, 5) is 24.1. The number of hydrogen-bond acceptors (Lipinski definition) is 3. The van der Waals surface area contributed by atoms with Crippen LogP contribution in [-0.2, 0) is 16.0 Å². The first-order valence-corrected chi connectivity index (χ1v) is 7.35. The predicted octanol–water partition coefficient (Wildman–Crippen LogP) is 2.90. The number of hydrogen-bond donors (Lipinski definition) is 2. The number of esters is 1. The molecular formula is C18H20N2O3. The highest BCUT2D eigenvalue weighted by atomic mass is 16.5. The molecule has 0 aliphatic rings. The van der Waals surface area contributed by atoms with Crippen molar-refractivity contribution in [3.05, 3.63) is 65.7 Å². The maximum atomic E-state index is 12.2. The number of nitrogens with one attached hydrogen (secondary N) is 2. The molecule has 2 amide bonds. The molecule has 0 saturated heterocycles. The lowest BCUT2D eigenvalue weighted by Gasteiger charge is -2.17. The van der Waals surface area contributed by atoms with Gasteiger partial charge in [0, 0.05) is 12.1 Å². The SMILES string of the molecule is COC(=O)C(Cc1ccccc1)NC(=O)Nc1ccccc1C. The highest BCUT2D eigenvalue weighted by Crippen LogP contribution is 2.13. The molecule has 0 fully saturated rings. The van der Waals surface area contributed by atoms with Gasteiger partial charge >= 0.3 is 12.0 Å². The Morgan fingerprint density at radius 3 is 2.35 bits per heavy atom. The van der Waals surface area contributed by atoms with Gasteiger partial charge in [-0.1, -0.05) is 48.5 Å². The fourth-order valence-corrected chi connectivity index (χ4v) is 2.22. The second-order valence-corrected chi connectivity index (χ2v) is 5.18. The van der Waals surface area contributed by atoms with Crippen molar-refractivity contribution in [2.24, 2.45) is 0 Å². The summed E-state index contributed by atoms with van der Waals surface area (Å²) in [6, 6.07) is 15.7. The number of anilines is 1. The van der Waals surface area contributed by atoms with Gasteiger partial charge in [0.1, 0.15) is 6.04 Å². The summed E-state index contributed by atoms with van der Waals surface area (Å²) in [7, 11) is 1.31. The molecule has 2 aromatic carbocycles. The number of carbonyl (C=O) groups is 2. The third-order valence-corrected chi connectivity index (χ3v) is 3.47. The Kier molecular flexibility index (Phi) is 5.74. The van der Waals surface area contributed by atoms with E-state index in [1.54, 1.807) is 6.07 Å². The average Bonchev–Trinajstić information content (AvgIpc) is 2.56. The zero-order chi connectivity index (χ0) is 16.7. The van der Waals surface area contributed by atoms with Crippen LogP contribution in [0.3, 0.4) is 0 Å². The number of methoxy groups -OCH3 is 1. The summed E-state index contributed by atoms with van der Waals surface area (Å²) in [6.45, 7) is 1.90. The van der Waals surface area contributed by atoms with Crippen LogP contribution in [0.2, 0.25) is 0 Å². The van der Waals surface area contributed by atoms with Gasteiger partial charge in [0.15, 0.2) is 0 Å². The van der Waals surface area contributed by atoms with Crippen LogP contribution in [0, 0.1) is 6.92 Å². The lowest BCUT2D eigenvalue weighted by atomic mass is 10.1. The Hall–Kier alpha value is -2.82. The lowest BCUT2D eigenvalue weighted by molar-refractivity contribution is -0.142. The van der Waals surface area contributed by atoms with E-state index in [1.807, 2.05) is 55.5 Å². The monoisotopic (exact) mass is 312 g/mol. The lowest BCUT2D eigenvalue weighted by Crippen LogP contribution is -2.45. The molecule has 0 aliphatic heterocycles. The third-order valence-electron chi connectivity index (χ3n) is 3.47. The molecule has 5 heteroatoms. The van der Waals surface area contributed by atoms with Crippen molar-refractivity contribution in [1.29, 1.82) is 0 Å². The minimum Gasteiger partial charge on any atom is -0.467 e. The fourth-order valence-electron chi connectivity index (χ4n) is 2.22. The van der Waals surface area contributed by atoms with Crippen molar-refractivity contribution in [3.8, 4) is 0 Å². The molecule has 0 heterocycles. The van der Waals surface area contributed by atoms with Crippen LogP contribution in [-0.4, -0.2) is 25.2 Å². The van der Waals surface area contributed by atoms with Gasteiger partial charge in [-0.15, -0.1) is 0 Å². The number of para-hydroxylation sites is 1. The molecule has 23 heavy (non-hydrogen) atoms. The van der Waals surface area contributed by atoms with Crippen molar-refractivity contribution in [2.45, 2.75) is 19.4 Å². The molecule has 1 unspecified atom stereocenters. The van der Waals surface area contributed by atoms with Gasteiger partial charge in [-0.3, -0.25) is 0 Å². The maximum absolute atomic E-state index is 12.2. The first-order chi connectivity index (χ1) is 11.1. The summed E-state index contributed by atoms with van der Waals surface area (Å²) in [6.07, 6.45) is 0.370. The van der Waals surface area contributed by atoms with Crippen molar-refractivity contribution >= 4 is 17.7 Å². The predicted molar refractivity (Wildman–Crippen MR) is 89.3 cm³/mol. The number of urea groups is 1. The summed E-state index contributed by atoms with van der Waals surface area (Å²) in [5.41, 5.74) is 2.59. The Bertz CT molecular complexity index is 671. The van der Waals surface area contributed by atoms with E-state index in [1.165, 1.54) is 7.11 Å². The van der Waals surface area contributed by atoms with Crippen molar-refractivity contribution < 1.29 is 14.3 Å². The van der Waals surface area contributed by atoms with Crippen LogP contribution in [0.4, 0.5) is 10.5 Å². The normalized spacial score (nSPS) is 11.4. The van der Waals surface area contributed by atoms with Crippen LogP contribution in [0.15, 0.2) is 54.6 Å². The number of rotatable bonds is 5. The fraction of sp³-hybridized carbons (Fsp3) is 0.222. The minimum absolute atomic E-state index is 0.370. The van der Waals surface area contributed by atoms with E-state index in [0.29, 0.717) is 12.1 Å². The molecule has 1 atom stereocenters. The Morgan fingerprint density at radius 2 is 1.70 bits per heavy atom. The van der Waals surface area contributed by atoms with E-state index in [2.05, 4.69) is 10.6 Å². The molecule has 120 valence electrons. The molecule has 0 spiro atoms. The van der Waals surface area contributed by atoms with E-state index >= 15 is 0 Å². The molecule has 0 aromatic heterocycles. The second kappa shape index (κ2) is 7.98. The van der Waals surface area contributed by atoms with Gasteiger partial charge in [0.25, 0.3) is 0 Å². The van der Waals surface area contributed by atoms with E-state index < -0.39 is 18.0 Å². The summed E-state index contributed by atoms with van der Waals surface area (Å²) >= 11 is 0. The third kappa shape index (κ3) is 4.85. The van der Waals surface area contributed by atoms with E-state index in [-0.39, 0.29) is 0 Å². The van der Waals surface area contributed by atoms with Gasteiger partial charge in [0.05, 0.1) is 7.11 Å². The Balaban J connectivity index is 2.04. The number of benzene rings is 2. The molecule has 2 N–H and O–H groups in total. The zero-order valence-corrected chi connectivity index (χ0v) is 13.2. The van der Waals surface area contributed by atoms with Crippen LogP contribution in [0.1, 0.15) is 11.1 Å². The average molecular weight is 312 g/mol. The zero-order valence-electron chi connectivity index (χ0n) is 13.2. The number of amides is 2. The Labute approximate surface area is 135 Å². The minimum atomic E-state index is -0.744. The molecule has 5 nitrogen and oxygen atoms in total. The van der Waals surface area contributed by atoms with Crippen LogP contribution in [0.25, 0.3) is 0 Å². The van der Waals surface area contributed by atoms with Gasteiger partial charge < -0.3 is 15.4 Å². The van der Waals surface area contributed by atoms with Crippen LogP contribution in [0.5, 0.6) is 0 Å². The van der Waals surface area contributed by atoms with Gasteiger partial charge in [-0.25, -0.2) is 9.59 Å². The van der Waals surface area contributed by atoms with Crippen molar-refractivity contribution in [1.82, 2.24) is 5.32 Å². The van der Waals surface area contributed by atoms with Crippen molar-refractivity contribution in [3.63, 3.8) is 0 Å². The van der Waals surface area contributed by atoms with E-state index in [4.69, 9.17) is 4.74 Å². The summed E-state index contributed by atoms with van der Waals surface area (Å²) in [5, 5.41) is 5.41. The van der Waals surface area contributed by atoms with Gasteiger partial charge in [0.2, 0.25) is 0 Å². The van der Waals surface area contributed by atoms with E-state index in [9.17, 15) is 9.59 Å². The van der Waals surface area contributed by atoms with Gasteiger partial charge in [-0.2, -0.15) is 0 Å². The topological polar surface area (TPSA) is 67.4 Å². The quantitative estimate of drug-likeness (QED) is 0.834. The molecule has 0 saturated carbocycles. The van der Waals surface area contributed by atoms with Crippen LogP contribution < -0.4 is 10.6 Å². The summed E-state index contributed by atoms with van der Waals surface area (Å²) in [5.74, 6) is -0.478. The van der Waals surface area contributed by atoms with E-state index in [0.717, 1.165) is 11.1 Å². The largest absolute Gasteiger partial charge is 0.467 e. The number of ether oxygens (including phenoxy) is 1. The highest BCUT2D eigenvalue weighted by molar-refractivity contribution is 5.93. The Morgan fingerprint density at radius 1 is 1.04 bits per heavy atom. The first kappa shape index (κ1) is 16.5. The highest BCUT2D eigenvalue weighted by Gasteiger charge is 2.22. The van der Waals surface area contributed by atoms with Crippen molar-refractivity contribution in [2.75, 3.05) is 12.4 Å². The number of carbonyl (C=O) groups excluding carboxylic acids is 2. The summed E-state index contributed by atoms with van der Waals surface area (Å²) < 4.78 is 4.78. The molecular weight excluding hydrogens is 292 g/mol. The molecule has 2 aromatic rings. The molecule has 2 rings (SSSR count). The maximum Gasteiger partial charge on any atom is 0.328 e. The standard InChI is InChI=1S/C18H20N2O3/c1-13-8-6-7-11-15(13)19-18(22)20-16(17(21)23-2)12-14-9-4-3-5-10-14/h3-11,16H,12H2,1-2H3,(H2,19,20,22). The van der Waals surface area contributed by atoms with Gasteiger partial charge in [-0.05, 0) is 24.1 Å².